The first-order valence-electron chi connectivity index (χ1n) is 9.64. The van der Waals surface area contributed by atoms with Gasteiger partial charge < -0.3 is 14.6 Å². The van der Waals surface area contributed by atoms with Gasteiger partial charge in [-0.3, -0.25) is 14.6 Å². The van der Waals surface area contributed by atoms with E-state index in [1.165, 1.54) is 0 Å². The Morgan fingerprint density at radius 2 is 1.92 bits per heavy atom. The Morgan fingerprint density at radius 3 is 2.64 bits per heavy atom. The minimum absolute atomic E-state index is 0.0855. The number of carbonyl (C=O) groups excluding carboxylic acids is 1. The molecule has 4 heterocycles. The molecule has 4 rings (SSSR count). The second kappa shape index (κ2) is 7.85. The van der Waals surface area contributed by atoms with Gasteiger partial charge in [0, 0.05) is 64.4 Å². The number of amides is 1. The van der Waals surface area contributed by atoms with Gasteiger partial charge in [0.25, 0.3) is 0 Å². The van der Waals surface area contributed by atoms with Crippen molar-refractivity contribution in [2.45, 2.75) is 44.3 Å². The number of piperidine rings is 1. The first-order valence-corrected chi connectivity index (χ1v) is 9.64. The fourth-order valence-electron chi connectivity index (χ4n) is 4.41. The van der Waals surface area contributed by atoms with E-state index in [2.05, 4.69) is 24.7 Å². The van der Waals surface area contributed by atoms with Crippen LogP contribution in [0.5, 0.6) is 0 Å². The summed E-state index contributed by atoms with van der Waals surface area (Å²) in [6.45, 7) is 7.34. The molecule has 7 heteroatoms. The maximum Gasteiger partial charge on any atom is 0.240 e. The lowest BCUT2D eigenvalue weighted by Gasteiger charge is -2.45. The van der Waals surface area contributed by atoms with E-state index >= 15 is 0 Å². The first kappa shape index (κ1) is 17.0. The number of nitrogens with one attached hydrogen (secondary N) is 1. The van der Waals surface area contributed by atoms with Gasteiger partial charge in [-0.05, 0) is 25.7 Å². The Kier molecular flexibility index (Phi) is 5.33. The molecular weight excluding hydrogens is 318 g/mol. The number of aromatic nitrogens is 2. The van der Waals surface area contributed by atoms with Crippen LogP contribution in [-0.4, -0.2) is 88.6 Å². The van der Waals surface area contributed by atoms with Crippen molar-refractivity contribution in [3.8, 4) is 0 Å². The van der Waals surface area contributed by atoms with Gasteiger partial charge in [-0.2, -0.15) is 0 Å². The number of nitrogens with zero attached hydrogens (tertiary/aromatic N) is 4. The van der Waals surface area contributed by atoms with E-state index in [0.29, 0.717) is 11.9 Å². The van der Waals surface area contributed by atoms with Gasteiger partial charge in [-0.25, -0.2) is 4.98 Å². The summed E-state index contributed by atoms with van der Waals surface area (Å²) < 4.78 is 5.46. The van der Waals surface area contributed by atoms with Crippen LogP contribution in [0.15, 0.2) is 12.4 Å². The van der Waals surface area contributed by atoms with Crippen molar-refractivity contribution < 1.29 is 9.53 Å². The standard InChI is InChI=1S/C18H29N5O2/c24-18-16(2-1-7-23(18)15-3-12-25-13-4-15)22-10-8-21(9-11-22)14-17-19-5-6-20-17/h5-6,15-16H,1-4,7-14H2,(H,19,20). The number of aromatic amines is 1. The summed E-state index contributed by atoms with van der Waals surface area (Å²) in [6, 6.07) is 0.478. The summed E-state index contributed by atoms with van der Waals surface area (Å²) in [4.78, 5) is 27.5. The predicted molar refractivity (Wildman–Crippen MR) is 94.0 cm³/mol. The number of hydrogen-bond acceptors (Lipinski definition) is 5. The van der Waals surface area contributed by atoms with Gasteiger partial charge in [0.05, 0.1) is 12.6 Å². The normalized spacial score (nSPS) is 27.8. The van der Waals surface area contributed by atoms with Crippen LogP contribution < -0.4 is 0 Å². The molecule has 1 amide bonds. The summed E-state index contributed by atoms with van der Waals surface area (Å²) in [5, 5.41) is 0. The molecule has 25 heavy (non-hydrogen) atoms. The molecule has 3 fully saturated rings. The summed E-state index contributed by atoms with van der Waals surface area (Å²) in [5.74, 6) is 1.38. The molecule has 3 aliphatic heterocycles. The smallest absolute Gasteiger partial charge is 0.240 e. The third-order valence-electron chi connectivity index (χ3n) is 5.85. The average Bonchev–Trinajstić information content (AvgIpc) is 3.17. The quantitative estimate of drug-likeness (QED) is 0.868. The van der Waals surface area contributed by atoms with Gasteiger partial charge in [-0.1, -0.05) is 0 Å². The van der Waals surface area contributed by atoms with Crippen molar-refractivity contribution in [2.75, 3.05) is 45.9 Å². The van der Waals surface area contributed by atoms with Gasteiger partial charge in [-0.15, -0.1) is 0 Å². The highest BCUT2D eigenvalue weighted by atomic mass is 16.5. The topological polar surface area (TPSA) is 64.7 Å². The largest absolute Gasteiger partial charge is 0.381 e. The van der Waals surface area contributed by atoms with Crippen LogP contribution in [0.25, 0.3) is 0 Å². The summed E-state index contributed by atoms with van der Waals surface area (Å²) in [5.41, 5.74) is 0. The summed E-state index contributed by atoms with van der Waals surface area (Å²) in [7, 11) is 0. The number of H-pyrrole nitrogens is 1. The maximum absolute atomic E-state index is 13.1. The van der Waals surface area contributed by atoms with Crippen molar-refractivity contribution in [3.63, 3.8) is 0 Å². The van der Waals surface area contributed by atoms with E-state index in [4.69, 9.17) is 4.74 Å². The lowest BCUT2D eigenvalue weighted by Crippen LogP contribution is -2.59. The molecular formula is C18H29N5O2. The molecule has 0 aromatic carbocycles. The van der Waals surface area contributed by atoms with Crippen molar-refractivity contribution in [2.24, 2.45) is 0 Å². The highest BCUT2D eigenvalue weighted by molar-refractivity contribution is 5.83. The molecule has 1 unspecified atom stereocenters. The molecule has 0 spiro atoms. The molecule has 138 valence electrons. The number of likely N-dealkylation sites (tertiary alicyclic amines) is 1. The number of rotatable bonds is 4. The first-order chi connectivity index (χ1) is 12.3. The summed E-state index contributed by atoms with van der Waals surface area (Å²) >= 11 is 0. The average molecular weight is 347 g/mol. The second-order valence-corrected chi connectivity index (χ2v) is 7.38. The lowest BCUT2D eigenvalue weighted by molar-refractivity contribution is -0.145. The third-order valence-corrected chi connectivity index (χ3v) is 5.85. The molecule has 3 aliphatic rings. The molecule has 3 saturated heterocycles. The third kappa shape index (κ3) is 3.88. The molecule has 0 aliphatic carbocycles. The molecule has 1 atom stereocenters. The van der Waals surface area contributed by atoms with Crippen LogP contribution in [0.4, 0.5) is 0 Å². The van der Waals surface area contributed by atoms with Crippen molar-refractivity contribution in [3.05, 3.63) is 18.2 Å². The summed E-state index contributed by atoms with van der Waals surface area (Å²) in [6.07, 6.45) is 7.80. The number of ether oxygens (including phenoxy) is 1. The van der Waals surface area contributed by atoms with Gasteiger partial charge in [0.2, 0.25) is 5.91 Å². The fraction of sp³-hybridized carbons (Fsp3) is 0.778. The highest BCUT2D eigenvalue weighted by Gasteiger charge is 2.37. The van der Waals surface area contributed by atoms with Crippen LogP contribution in [0, 0.1) is 0 Å². The van der Waals surface area contributed by atoms with Gasteiger partial charge in [0.1, 0.15) is 5.82 Å². The Hall–Kier alpha value is -1.44. The highest BCUT2D eigenvalue weighted by Crippen LogP contribution is 2.24. The lowest BCUT2D eigenvalue weighted by atomic mass is 9.97. The Bertz CT molecular complexity index is 550. The van der Waals surface area contributed by atoms with Gasteiger partial charge >= 0.3 is 0 Å². The molecule has 1 aromatic rings. The van der Waals surface area contributed by atoms with Crippen molar-refractivity contribution >= 4 is 5.91 Å². The zero-order valence-electron chi connectivity index (χ0n) is 14.9. The Morgan fingerprint density at radius 1 is 1.12 bits per heavy atom. The van der Waals surface area contributed by atoms with Crippen LogP contribution in [-0.2, 0) is 16.1 Å². The zero-order chi connectivity index (χ0) is 17.1. The number of carbonyl (C=O) groups is 1. The molecule has 1 aromatic heterocycles. The number of imidazole rings is 1. The SMILES string of the molecule is O=C1C(N2CCN(Cc3ncc[nH]3)CC2)CCCN1C1CCOCC1. The predicted octanol–water partition coefficient (Wildman–Crippen LogP) is 0.697. The van der Waals surface area contributed by atoms with E-state index < -0.39 is 0 Å². The van der Waals surface area contributed by atoms with E-state index in [1.54, 1.807) is 6.20 Å². The number of hydrogen-bond donors (Lipinski definition) is 1. The monoisotopic (exact) mass is 347 g/mol. The molecule has 1 N–H and O–H groups in total. The minimum atomic E-state index is 0.0855. The van der Waals surface area contributed by atoms with Crippen LogP contribution in [0.1, 0.15) is 31.5 Å². The van der Waals surface area contributed by atoms with Gasteiger partial charge in [0.15, 0.2) is 0 Å². The van der Waals surface area contributed by atoms with E-state index in [9.17, 15) is 4.79 Å². The minimum Gasteiger partial charge on any atom is -0.381 e. The zero-order valence-corrected chi connectivity index (χ0v) is 14.9. The van der Waals surface area contributed by atoms with Crippen molar-refractivity contribution in [1.29, 1.82) is 0 Å². The maximum atomic E-state index is 13.1. The molecule has 0 bridgehead atoms. The Labute approximate surface area is 149 Å². The van der Waals surface area contributed by atoms with Crippen molar-refractivity contribution in [1.82, 2.24) is 24.7 Å². The van der Waals surface area contributed by atoms with E-state index in [-0.39, 0.29) is 6.04 Å². The molecule has 0 radical (unpaired) electrons. The number of piperazine rings is 1. The Balaban J connectivity index is 1.31. The fourth-order valence-corrected chi connectivity index (χ4v) is 4.41. The van der Waals surface area contributed by atoms with E-state index in [1.807, 2.05) is 6.20 Å². The van der Waals surface area contributed by atoms with Crippen LogP contribution in [0.3, 0.4) is 0 Å². The second-order valence-electron chi connectivity index (χ2n) is 7.38. The molecule has 0 saturated carbocycles. The van der Waals surface area contributed by atoms with Crippen LogP contribution in [0.2, 0.25) is 0 Å². The molecule has 7 nitrogen and oxygen atoms in total. The van der Waals surface area contributed by atoms with Crippen LogP contribution >= 0.6 is 0 Å². The van der Waals surface area contributed by atoms with E-state index in [0.717, 1.165) is 84.0 Å².